The highest BCUT2D eigenvalue weighted by Gasteiger charge is 2.22. The molecule has 35 heavy (non-hydrogen) atoms. The predicted octanol–water partition coefficient (Wildman–Crippen LogP) is 4.76. The van der Waals surface area contributed by atoms with E-state index in [1.165, 1.54) is 18.6 Å². The summed E-state index contributed by atoms with van der Waals surface area (Å²) in [6, 6.07) is 5.11. The fraction of sp³-hybridized carbons (Fsp3) is 0.292. The molecule has 0 aromatic carbocycles. The van der Waals surface area contributed by atoms with E-state index >= 15 is 0 Å². The van der Waals surface area contributed by atoms with Gasteiger partial charge in [0.05, 0.1) is 35.7 Å². The molecule has 180 valence electrons. The van der Waals surface area contributed by atoms with Crippen LogP contribution in [0.3, 0.4) is 0 Å². The highest BCUT2D eigenvalue weighted by molar-refractivity contribution is 6.32. The quantitative estimate of drug-likeness (QED) is 0.505. The van der Waals surface area contributed by atoms with Crippen molar-refractivity contribution in [2.75, 3.05) is 18.5 Å². The number of rotatable bonds is 5. The normalized spacial score (nSPS) is 18.7. The highest BCUT2D eigenvalue weighted by Crippen LogP contribution is 2.30. The molecule has 0 saturated carbocycles. The van der Waals surface area contributed by atoms with Crippen LogP contribution in [0.5, 0.6) is 5.88 Å². The second kappa shape index (κ2) is 10.0. The molecular weight excluding hydrogens is 480 g/mol. The van der Waals surface area contributed by atoms with Crippen LogP contribution in [0.4, 0.5) is 14.5 Å². The Balaban J connectivity index is 1.43. The Bertz CT molecular complexity index is 1340. The number of hydrogen-bond donors (Lipinski definition) is 1. The molecule has 1 amide bonds. The summed E-state index contributed by atoms with van der Waals surface area (Å²) in [5.74, 6) is -1.30. The van der Waals surface area contributed by atoms with Gasteiger partial charge in [-0.2, -0.15) is 4.98 Å². The fourth-order valence-corrected chi connectivity index (χ4v) is 3.98. The van der Waals surface area contributed by atoms with Gasteiger partial charge in [-0.05, 0) is 24.3 Å². The van der Waals surface area contributed by atoms with Crippen molar-refractivity contribution >= 4 is 34.2 Å². The van der Waals surface area contributed by atoms with Gasteiger partial charge < -0.3 is 14.8 Å². The molecule has 11 heteroatoms. The third-order valence-electron chi connectivity index (χ3n) is 5.65. The lowest BCUT2D eigenvalue weighted by Crippen LogP contribution is -2.26. The van der Waals surface area contributed by atoms with Crippen molar-refractivity contribution in [2.45, 2.75) is 31.5 Å². The molecule has 3 aromatic heterocycles. The van der Waals surface area contributed by atoms with Gasteiger partial charge in [-0.1, -0.05) is 17.7 Å². The van der Waals surface area contributed by atoms with E-state index in [4.69, 9.17) is 21.1 Å². The molecule has 0 spiro atoms. The molecule has 1 fully saturated rings. The molecule has 2 aliphatic rings. The zero-order valence-corrected chi connectivity index (χ0v) is 19.1. The van der Waals surface area contributed by atoms with Crippen molar-refractivity contribution in [3.8, 4) is 17.1 Å². The van der Waals surface area contributed by atoms with E-state index in [9.17, 15) is 13.6 Å². The summed E-state index contributed by atoms with van der Waals surface area (Å²) in [6.07, 6.45) is 4.87. The summed E-state index contributed by atoms with van der Waals surface area (Å²) >= 11 is 6.17. The van der Waals surface area contributed by atoms with Gasteiger partial charge in [0.25, 0.3) is 5.91 Å². The number of carbonyl (C=O) groups is 1. The Morgan fingerprint density at radius 2 is 2.03 bits per heavy atom. The maximum Gasteiger partial charge on any atom is 0.258 e. The fourth-order valence-electron chi connectivity index (χ4n) is 3.83. The average molecular weight is 500 g/mol. The maximum atomic E-state index is 14.1. The van der Waals surface area contributed by atoms with Gasteiger partial charge in [0.15, 0.2) is 10.7 Å². The topological polar surface area (TPSA) is 99.1 Å². The van der Waals surface area contributed by atoms with Gasteiger partial charge in [0.2, 0.25) is 5.88 Å². The number of carbonyl (C=O) groups excluding carboxylic acids is 1. The SMILES string of the molecule is O=C(Nc1cc(-c2ccc3ncnc(OC4CCOCC4)c3n2)cnc1Cl)C1=CCC(F)C=C1F. The molecule has 8 nitrogen and oxygen atoms in total. The number of nitrogens with zero attached hydrogens (tertiary/aromatic N) is 4. The molecule has 4 heterocycles. The number of hydrogen-bond acceptors (Lipinski definition) is 7. The minimum atomic E-state index is -1.46. The largest absolute Gasteiger partial charge is 0.473 e. The van der Waals surface area contributed by atoms with E-state index in [1.807, 2.05) is 0 Å². The Morgan fingerprint density at radius 3 is 2.83 bits per heavy atom. The Hall–Kier alpha value is -3.50. The van der Waals surface area contributed by atoms with E-state index in [-0.39, 0.29) is 28.9 Å². The van der Waals surface area contributed by atoms with Crippen LogP contribution in [0.1, 0.15) is 19.3 Å². The van der Waals surface area contributed by atoms with E-state index in [2.05, 4.69) is 25.3 Å². The summed E-state index contributed by atoms with van der Waals surface area (Å²) in [4.78, 5) is 29.9. The van der Waals surface area contributed by atoms with Crippen LogP contribution in [0.2, 0.25) is 5.15 Å². The van der Waals surface area contributed by atoms with Gasteiger partial charge in [0, 0.05) is 31.0 Å². The molecular formula is C24H20ClF2N5O3. The number of ether oxygens (including phenoxy) is 2. The molecule has 1 aliphatic carbocycles. The summed E-state index contributed by atoms with van der Waals surface area (Å²) in [7, 11) is 0. The summed E-state index contributed by atoms with van der Waals surface area (Å²) in [5, 5.41) is 2.56. The van der Waals surface area contributed by atoms with Gasteiger partial charge in [-0.15, -0.1) is 0 Å². The summed E-state index contributed by atoms with van der Waals surface area (Å²) in [5.41, 5.74) is 2.07. The molecule has 0 bridgehead atoms. The van der Waals surface area contributed by atoms with Crippen molar-refractivity contribution in [1.29, 1.82) is 0 Å². The Morgan fingerprint density at radius 1 is 1.20 bits per heavy atom. The van der Waals surface area contributed by atoms with Crippen LogP contribution < -0.4 is 10.1 Å². The zero-order chi connectivity index (χ0) is 24.4. The second-order valence-corrected chi connectivity index (χ2v) is 8.43. The zero-order valence-electron chi connectivity index (χ0n) is 18.4. The van der Waals surface area contributed by atoms with Gasteiger partial charge in [-0.3, -0.25) is 4.79 Å². The number of alkyl halides is 1. The van der Waals surface area contributed by atoms with Crippen molar-refractivity contribution in [3.05, 3.63) is 59.4 Å². The predicted molar refractivity (Wildman–Crippen MR) is 125 cm³/mol. The first kappa shape index (κ1) is 23.3. The van der Waals surface area contributed by atoms with Crippen LogP contribution in [0.25, 0.3) is 22.3 Å². The number of fused-ring (bicyclic) bond motifs is 1. The number of aromatic nitrogens is 4. The van der Waals surface area contributed by atoms with Crippen molar-refractivity contribution in [2.24, 2.45) is 0 Å². The molecule has 1 saturated heterocycles. The Kier molecular flexibility index (Phi) is 6.65. The molecule has 3 aromatic rings. The van der Waals surface area contributed by atoms with Crippen molar-refractivity contribution in [3.63, 3.8) is 0 Å². The first-order valence-corrected chi connectivity index (χ1v) is 11.4. The summed E-state index contributed by atoms with van der Waals surface area (Å²) < 4.78 is 38.8. The third-order valence-corrected chi connectivity index (χ3v) is 5.96. The van der Waals surface area contributed by atoms with Crippen LogP contribution in [-0.2, 0) is 9.53 Å². The maximum absolute atomic E-state index is 14.1. The minimum absolute atomic E-state index is 0.0129. The second-order valence-electron chi connectivity index (χ2n) is 8.07. The van der Waals surface area contributed by atoms with Crippen LogP contribution >= 0.6 is 11.6 Å². The monoisotopic (exact) mass is 499 g/mol. The standard InChI is InChI=1S/C24H20ClF2N5O3/c25-22-20(32-23(33)16-2-1-14(26)10-17(16)27)9-13(11-28-22)18-3-4-19-21(31-18)24(30-12-29-19)35-15-5-7-34-8-6-15/h2-4,9-12,14-15H,1,5-8H2,(H,32,33). The lowest BCUT2D eigenvalue weighted by molar-refractivity contribution is -0.112. The third kappa shape index (κ3) is 5.13. The van der Waals surface area contributed by atoms with Crippen LogP contribution in [-0.4, -0.2) is 51.3 Å². The minimum Gasteiger partial charge on any atom is -0.473 e. The number of nitrogens with one attached hydrogen (secondary N) is 1. The van der Waals surface area contributed by atoms with E-state index in [0.29, 0.717) is 41.4 Å². The van der Waals surface area contributed by atoms with E-state index < -0.39 is 17.9 Å². The van der Waals surface area contributed by atoms with Gasteiger partial charge >= 0.3 is 0 Å². The molecule has 5 rings (SSSR count). The van der Waals surface area contributed by atoms with Crippen molar-refractivity contribution < 1.29 is 23.0 Å². The lowest BCUT2D eigenvalue weighted by Gasteiger charge is -2.22. The molecule has 0 radical (unpaired) electrons. The number of pyridine rings is 2. The van der Waals surface area contributed by atoms with Crippen LogP contribution in [0, 0.1) is 0 Å². The molecule has 1 N–H and O–H groups in total. The average Bonchev–Trinajstić information content (AvgIpc) is 2.86. The van der Waals surface area contributed by atoms with Crippen LogP contribution in [0.15, 0.2) is 54.3 Å². The number of allylic oxidation sites excluding steroid dienone is 2. The van der Waals surface area contributed by atoms with E-state index in [1.54, 1.807) is 18.2 Å². The number of anilines is 1. The molecule has 1 atom stereocenters. The first-order chi connectivity index (χ1) is 17.0. The number of halogens is 3. The van der Waals surface area contributed by atoms with Crippen molar-refractivity contribution in [1.82, 2.24) is 19.9 Å². The van der Waals surface area contributed by atoms with Gasteiger partial charge in [0.1, 0.15) is 24.4 Å². The lowest BCUT2D eigenvalue weighted by atomic mass is 10.0. The Labute approximate surface area is 204 Å². The highest BCUT2D eigenvalue weighted by atomic mass is 35.5. The van der Waals surface area contributed by atoms with Gasteiger partial charge in [-0.25, -0.2) is 23.7 Å². The smallest absolute Gasteiger partial charge is 0.258 e. The molecule has 1 unspecified atom stereocenters. The first-order valence-electron chi connectivity index (χ1n) is 11.0. The van der Waals surface area contributed by atoms with E-state index in [0.717, 1.165) is 18.9 Å². The number of amides is 1. The molecule has 1 aliphatic heterocycles. The summed E-state index contributed by atoms with van der Waals surface area (Å²) in [6.45, 7) is 1.25.